The van der Waals surface area contributed by atoms with E-state index in [2.05, 4.69) is 0 Å². The predicted molar refractivity (Wildman–Crippen MR) is 70.6 cm³/mol. The van der Waals surface area contributed by atoms with E-state index in [0.717, 1.165) is 22.6 Å². The second-order valence-corrected chi connectivity index (χ2v) is 4.74. The van der Waals surface area contributed by atoms with Crippen molar-refractivity contribution in [3.05, 3.63) is 65.2 Å². The van der Waals surface area contributed by atoms with Gasteiger partial charge in [-0.3, -0.25) is 0 Å². The third-order valence-electron chi connectivity index (χ3n) is 2.78. The fourth-order valence-electron chi connectivity index (χ4n) is 1.81. The first-order valence-corrected chi connectivity index (χ1v) is 6.69. The highest BCUT2D eigenvalue weighted by Crippen LogP contribution is 2.29. The van der Waals surface area contributed by atoms with Crippen LogP contribution >= 0.6 is 11.8 Å². The predicted octanol–water partition coefficient (Wildman–Crippen LogP) is 3.73. The Morgan fingerprint density at radius 2 is 1.78 bits per heavy atom. The zero-order valence-electron chi connectivity index (χ0n) is 9.86. The summed E-state index contributed by atoms with van der Waals surface area (Å²) in [6.45, 7) is 0. The van der Waals surface area contributed by atoms with E-state index in [1.165, 1.54) is 6.07 Å². The molecule has 0 saturated carbocycles. The van der Waals surface area contributed by atoms with Gasteiger partial charge in [0.05, 0.1) is 6.04 Å². The molecule has 18 heavy (non-hydrogen) atoms. The molecule has 0 amide bonds. The van der Waals surface area contributed by atoms with E-state index >= 15 is 0 Å². The van der Waals surface area contributed by atoms with Crippen LogP contribution < -0.4 is 5.73 Å². The zero-order valence-corrected chi connectivity index (χ0v) is 10.7. The second kappa shape index (κ2) is 5.50. The summed E-state index contributed by atoms with van der Waals surface area (Å²) in [5, 5.41) is 0. The summed E-state index contributed by atoms with van der Waals surface area (Å²) in [6.07, 6.45) is 1.96. The van der Waals surface area contributed by atoms with E-state index in [4.69, 9.17) is 5.73 Å². The van der Waals surface area contributed by atoms with Gasteiger partial charge in [-0.25, -0.2) is 8.78 Å². The van der Waals surface area contributed by atoms with Crippen molar-refractivity contribution in [3.8, 4) is 0 Å². The van der Waals surface area contributed by atoms with Gasteiger partial charge in [0, 0.05) is 4.90 Å². The van der Waals surface area contributed by atoms with Gasteiger partial charge >= 0.3 is 0 Å². The average Bonchev–Trinajstić information content (AvgIpc) is 2.41. The molecule has 2 aromatic rings. The topological polar surface area (TPSA) is 26.0 Å². The van der Waals surface area contributed by atoms with Gasteiger partial charge in [0.2, 0.25) is 0 Å². The fraction of sp³-hybridized carbons (Fsp3) is 0.143. The molecule has 0 aliphatic heterocycles. The molecule has 0 saturated heterocycles. The van der Waals surface area contributed by atoms with Crippen LogP contribution in [0.1, 0.15) is 17.2 Å². The molecule has 0 fully saturated rings. The van der Waals surface area contributed by atoms with Crippen LogP contribution in [0.15, 0.2) is 47.4 Å². The number of halogens is 2. The number of nitrogens with two attached hydrogens (primary N) is 1. The van der Waals surface area contributed by atoms with Crippen molar-refractivity contribution >= 4 is 11.8 Å². The van der Waals surface area contributed by atoms with Crippen molar-refractivity contribution in [3.63, 3.8) is 0 Å². The van der Waals surface area contributed by atoms with Crippen LogP contribution in [0.2, 0.25) is 0 Å². The highest BCUT2D eigenvalue weighted by Gasteiger charge is 2.14. The van der Waals surface area contributed by atoms with E-state index in [9.17, 15) is 8.78 Å². The van der Waals surface area contributed by atoms with E-state index in [1.54, 1.807) is 11.8 Å². The van der Waals surface area contributed by atoms with Crippen LogP contribution in [0.3, 0.4) is 0 Å². The molecule has 1 atom stereocenters. The number of benzene rings is 2. The van der Waals surface area contributed by atoms with Gasteiger partial charge in [0.15, 0.2) is 11.6 Å². The Labute approximate surface area is 109 Å². The lowest BCUT2D eigenvalue weighted by Crippen LogP contribution is -2.13. The minimum absolute atomic E-state index is 0.455. The maximum absolute atomic E-state index is 13.2. The summed E-state index contributed by atoms with van der Waals surface area (Å²) < 4.78 is 26.1. The fourth-order valence-corrected chi connectivity index (χ4v) is 2.45. The number of hydrogen-bond donors (Lipinski definition) is 1. The molecular weight excluding hydrogens is 252 g/mol. The Hall–Kier alpha value is -1.39. The van der Waals surface area contributed by atoms with Crippen molar-refractivity contribution in [2.45, 2.75) is 10.9 Å². The first kappa shape index (κ1) is 13.1. The van der Waals surface area contributed by atoms with Gasteiger partial charge in [-0.1, -0.05) is 24.3 Å². The SMILES string of the molecule is CSc1ccccc1C(N)c1ccc(F)c(F)c1. The lowest BCUT2D eigenvalue weighted by molar-refractivity contribution is 0.506. The summed E-state index contributed by atoms with van der Waals surface area (Å²) in [5.41, 5.74) is 7.59. The van der Waals surface area contributed by atoms with E-state index in [-0.39, 0.29) is 0 Å². The van der Waals surface area contributed by atoms with Crippen molar-refractivity contribution in [1.29, 1.82) is 0 Å². The van der Waals surface area contributed by atoms with E-state index < -0.39 is 17.7 Å². The van der Waals surface area contributed by atoms with Gasteiger partial charge in [0.1, 0.15) is 0 Å². The van der Waals surface area contributed by atoms with Crippen LogP contribution in [0.4, 0.5) is 8.78 Å². The normalized spacial score (nSPS) is 12.4. The lowest BCUT2D eigenvalue weighted by atomic mass is 9.99. The summed E-state index contributed by atoms with van der Waals surface area (Å²) in [7, 11) is 0. The Morgan fingerprint density at radius 1 is 1.06 bits per heavy atom. The first-order chi connectivity index (χ1) is 8.63. The summed E-state index contributed by atoms with van der Waals surface area (Å²) in [6, 6.07) is 11.0. The van der Waals surface area contributed by atoms with Gasteiger partial charge in [0.25, 0.3) is 0 Å². The first-order valence-electron chi connectivity index (χ1n) is 5.47. The van der Waals surface area contributed by atoms with Gasteiger partial charge < -0.3 is 5.73 Å². The Balaban J connectivity index is 2.41. The minimum Gasteiger partial charge on any atom is -0.320 e. The molecule has 0 aliphatic rings. The molecule has 1 nitrogen and oxygen atoms in total. The molecule has 2 rings (SSSR count). The van der Waals surface area contributed by atoms with Gasteiger partial charge in [-0.15, -0.1) is 11.8 Å². The van der Waals surface area contributed by atoms with Gasteiger partial charge in [-0.05, 0) is 35.6 Å². The Kier molecular flexibility index (Phi) is 3.99. The number of rotatable bonds is 3. The highest BCUT2D eigenvalue weighted by molar-refractivity contribution is 7.98. The molecule has 4 heteroatoms. The van der Waals surface area contributed by atoms with Crippen molar-refractivity contribution < 1.29 is 8.78 Å². The standard InChI is InChI=1S/C14H13F2NS/c1-18-13-5-3-2-4-10(13)14(17)9-6-7-11(15)12(16)8-9/h2-8,14H,17H2,1H3. The lowest BCUT2D eigenvalue weighted by Gasteiger charge is -2.16. The Bertz CT molecular complexity index is 557. The van der Waals surface area contributed by atoms with Gasteiger partial charge in [-0.2, -0.15) is 0 Å². The molecule has 0 aromatic heterocycles. The van der Waals surface area contributed by atoms with Crippen molar-refractivity contribution in [2.24, 2.45) is 5.73 Å². The summed E-state index contributed by atoms with van der Waals surface area (Å²) in [4.78, 5) is 1.04. The number of hydrogen-bond acceptors (Lipinski definition) is 2. The highest BCUT2D eigenvalue weighted by atomic mass is 32.2. The monoisotopic (exact) mass is 265 g/mol. The third-order valence-corrected chi connectivity index (χ3v) is 3.59. The summed E-state index contributed by atoms with van der Waals surface area (Å²) >= 11 is 1.58. The maximum atomic E-state index is 13.2. The molecule has 1 unspecified atom stereocenters. The maximum Gasteiger partial charge on any atom is 0.159 e. The molecule has 2 N–H and O–H groups in total. The number of thioether (sulfide) groups is 1. The zero-order chi connectivity index (χ0) is 13.1. The molecule has 0 heterocycles. The van der Waals surface area contributed by atoms with Crippen LogP contribution in [-0.4, -0.2) is 6.26 Å². The van der Waals surface area contributed by atoms with Crippen LogP contribution in [0.25, 0.3) is 0 Å². The minimum atomic E-state index is -0.871. The molecule has 0 spiro atoms. The quantitative estimate of drug-likeness (QED) is 0.856. The average molecular weight is 265 g/mol. The third kappa shape index (κ3) is 2.54. The largest absolute Gasteiger partial charge is 0.320 e. The Morgan fingerprint density at radius 3 is 2.44 bits per heavy atom. The molecule has 0 bridgehead atoms. The smallest absolute Gasteiger partial charge is 0.159 e. The van der Waals surface area contributed by atoms with Crippen molar-refractivity contribution in [2.75, 3.05) is 6.26 Å². The molecule has 94 valence electrons. The molecular formula is C14H13F2NS. The van der Waals surface area contributed by atoms with E-state index in [1.807, 2.05) is 30.5 Å². The van der Waals surface area contributed by atoms with Crippen LogP contribution in [0, 0.1) is 11.6 Å². The van der Waals surface area contributed by atoms with Crippen LogP contribution in [-0.2, 0) is 0 Å². The van der Waals surface area contributed by atoms with E-state index in [0.29, 0.717) is 5.56 Å². The molecule has 0 radical (unpaired) electrons. The molecule has 0 aliphatic carbocycles. The van der Waals surface area contributed by atoms with Crippen LogP contribution in [0.5, 0.6) is 0 Å². The second-order valence-electron chi connectivity index (χ2n) is 3.89. The van der Waals surface area contributed by atoms with Crippen molar-refractivity contribution in [1.82, 2.24) is 0 Å². The molecule has 2 aromatic carbocycles. The summed E-state index contributed by atoms with van der Waals surface area (Å²) in [5.74, 6) is -1.73.